The Morgan fingerprint density at radius 2 is 1.96 bits per heavy atom. The summed E-state index contributed by atoms with van der Waals surface area (Å²) in [5, 5.41) is 9.36. The predicted molar refractivity (Wildman–Crippen MR) is 108 cm³/mol. The number of carboxylic acids is 1. The third-order valence-electron chi connectivity index (χ3n) is 5.28. The topological polar surface area (TPSA) is 121 Å². The Labute approximate surface area is 166 Å². The van der Waals surface area contributed by atoms with Crippen molar-refractivity contribution in [2.24, 2.45) is 11.7 Å². The Hall–Kier alpha value is -1.69. The van der Waals surface area contributed by atoms with Crippen LogP contribution >= 0.6 is 7.37 Å². The van der Waals surface area contributed by atoms with Crippen molar-refractivity contribution in [1.82, 2.24) is 4.90 Å². The molecule has 8 heteroatoms. The Morgan fingerprint density at radius 1 is 1.25 bits per heavy atom. The van der Waals surface area contributed by atoms with E-state index in [0.29, 0.717) is 45.2 Å². The van der Waals surface area contributed by atoms with Crippen molar-refractivity contribution in [2.75, 3.05) is 25.4 Å². The van der Waals surface area contributed by atoms with Crippen molar-refractivity contribution in [1.29, 1.82) is 0 Å². The molecule has 0 saturated carbocycles. The SMILES string of the molecule is NCCCCC(CP(=O)(O)CCc1ccccc1)C(=O)N1CCC[C@H]1C(=O)O. The number of aryl methyl sites for hydroxylation is 1. The number of aliphatic carboxylic acids is 1. The van der Waals surface area contributed by atoms with E-state index in [1.807, 2.05) is 30.3 Å². The van der Waals surface area contributed by atoms with Crippen LogP contribution in [-0.4, -0.2) is 58.2 Å². The zero-order chi connectivity index (χ0) is 20.6. The Balaban J connectivity index is 2.05. The maximum Gasteiger partial charge on any atom is 0.326 e. The molecule has 28 heavy (non-hydrogen) atoms. The van der Waals surface area contributed by atoms with Crippen LogP contribution in [0.3, 0.4) is 0 Å². The lowest BCUT2D eigenvalue weighted by Gasteiger charge is -2.28. The summed E-state index contributed by atoms with van der Waals surface area (Å²) in [7, 11) is -3.53. The Bertz CT molecular complexity index is 697. The lowest BCUT2D eigenvalue weighted by atomic mass is 10.0. The van der Waals surface area contributed by atoms with Gasteiger partial charge in [-0.05, 0) is 44.2 Å². The number of unbranched alkanes of at least 4 members (excludes halogenated alkanes) is 1. The first-order valence-corrected chi connectivity index (χ1v) is 11.9. The van der Waals surface area contributed by atoms with Gasteiger partial charge in [0.05, 0.1) is 0 Å². The molecule has 1 aromatic carbocycles. The lowest BCUT2D eigenvalue weighted by molar-refractivity contribution is -0.149. The number of hydrogen-bond donors (Lipinski definition) is 3. The summed E-state index contributed by atoms with van der Waals surface area (Å²) in [6, 6.07) is 8.65. The minimum absolute atomic E-state index is 0.105. The standard InChI is InChI=1S/C20H31N2O5P/c21-12-5-4-9-17(19(23)22-13-6-10-18(22)20(24)25)15-28(26,27)14-11-16-7-2-1-3-8-16/h1-3,7-8,17-18H,4-6,9-15,21H2,(H,24,25)(H,26,27)/t17?,18-/m0/s1. The van der Waals surface area contributed by atoms with Gasteiger partial charge >= 0.3 is 5.97 Å². The fraction of sp³-hybridized carbons (Fsp3) is 0.600. The van der Waals surface area contributed by atoms with Gasteiger partial charge in [0.2, 0.25) is 13.3 Å². The molecular formula is C20H31N2O5P. The molecule has 0 aromatic heterocycles. The number of nitrogens with two attached hydrogens (primary N) is 1. The summed E-state index contributed by atoms with van der Waals surface area (Å²) < 4.78 is 12.8. The molecule has 1 amide bonds. The zero-order valence-electron chi connectivity index (χ0n) is 16.2. The number of likely N-dealkylation sites (tertiary alicyclic amines) is 1. The molecule has 0 spiro atoms. The third kappa shape index (κ3) is 6.73. The molecule has 1 saturated heterocycles. The summed E-state index contributed by atoms with van der Waals surface area (Å²) >= 11 is 0. The smallest absolute Gasteiger partial charge is 0.326 e. The number of carbonyl (C=O) groups is 2. The molecule has 156 valence electrons. The molecule has 4 N–H and O–H groups in total. The van der Waals surface area contributed by atoms with Crippen molar-refractivity contribution in [3.8, 4) is 0 Å². The minimum Gasteiger partial charge on any atom is -0.480 e. The molecule has 3 atom stereocenters. The molecular weight excluding hydrogens is 379 g/mol. The minimum atomic E-state index is -3.53. The monoisotopic (exact) mass is 410 g/mol. The predicted octanol–water partition coefficient (Wildman–Crippen LogP) is 2.32. The van der Waals surface area contributed by atoms with Gasteiger partial charge < -0.3 is 20.6 Å². The van der Waals surface area contributed by atoms with E-state index in [2.05, 4.69) is 0 Å². The molecule has 2 rings (SSSR count). The fourth-order valence-corrected chi connectivity index (χ4v) is 5.55. The van der Waals surface area contributed by atoms with Crippen LogP contribution in [-0.2, 0) is 20.6 Å². The van der Waals surface area contributed by atoms with Crippen LogP contribution in [0.4, 0.5) is 0 Å². The van der Waals surface area contributed by atoms with Crippen LogP contribution in [0.2, 0.25) is 0 Å². The Kier molecular flexibility index (Phi) is 8.67. The highest BCUT2D eigenvalue weighted by Crippen LogP contribution is 2.44. The summed E-state index contributed by atoms with van der Waals surface area (Å²) in [6.45, 7) is 0.885. The number of benzene rings is 1. The van der Waals surface area contributed by atoms with Crippen molar-refractivity contribution >= 4 is 19.2 Å². The molecule has 0 aliphatic carbocycles. The highest BCUT2D eigenvalue weighted by Gasteiger charge is 2.38. The van der Waals surface area contributed by atoms with Gasteiger partial charge in [-0.1, -0.05) is 36.8 Å². The summed E-state index contributed by atoms with van der Waals surface area (Å²) in [5.74, 6) is -1.96. The average molecular weight is 410 g/mol. The Morgan fingerprint density at radius 3 is 2.61 bits per heavy atom. The van der Waals surface area contributed by atoms with Crippen molar-refractivity contribution in [2.45, 2.75) is 44.6 Å². The van der Waals surface area contributed by atoms with Crippen molar-refractivity contribution in [3.05, 3.63) is 35.9 Å². The fourth-order valence-electron chi connectivity index (χ4n) is 3.73. The molecule has 0 radical (unpaired) electrons. The first kappa shape index (κ1) is 22.6. The van der Waals surface area contributed by atoms with Gasteiger partial charge in [-0.15, -0.1) is 0 Å². The van der Waals surface area contributed by atoms with Gasteiger partial charge in [-0.3, -0.25) is 9.36 Å². The van der Waals surface area contributed by atoms with Crippen LogP contribution in [0.1, 0.15) is 37.7 Å². The van der Waals surface area contributed by atoms with Crippen LogP contribution in [0.15, 0.2) is 30.3 Å². The average Bonchev–Trinajstić information content (AvgIpc) is 3.16. The summed E-state index contributed by atoms with van der Waals surface area (Å²) in [4.78, 5) is 36.3. The number of amides is 1. The van der Waals surface area contributed by atoms with E-state index < -0.39 is 25.3 Å². The van der Waals surface area contributed by atoms with E-state index in [1.54, 1.807) is 0 Å². The molecule has 0 bridgehead atoms. The molecule has 1 aliphatic heterocycles. The number of carbonyl (C=O) groups excluding carboxylic acids is 1. The first-order chi connectivity index (χ1) is 13.3. The van der Waals surface area contributed by atoms with Crippen molar-refractivity contribution < 1.29 is 24.2 Å². The normalized spacial score (nSPS) is 19.9. The lowest BCUT2D eigenvalue weighted by Crippen LogP contribution is -2.44. The number of rotatable bonds is 11. The maximum atomic E-state index is 13.0. The van der Waals surface area contributed by atoms with Crippen LogP contribution in [0, 0.1) is 5.92 Å². The van der Waals surface area contributed by atoms with Crippen LogP contribution in [0.5, 0.6) is 0 Å². The second kappa shape index (κ2) is 10.7. The maximum absolute atomic E-state index is 13.0. The zero-order valence-corrected chi connectivity index (χ0v) is 17.1. The summed E-state index contributed by atoms with van der Waals surface area (Å²) in [6.07, 6.45) is 3.41. The highest BCUT2D eigenvalue weighted by atomic mass is 31.2. The van der Waals surface area contributed by atoms with Crippen LogP contribution in [0.25, 0.3) is 0 Å². The highest BCUT2D eigenvalue weighted by molar-refractivity contribution is 7.58. The molecule has 7 nitrogen and oxygen atoms in total. The first-order valence-electron chi connectivity index (χ1n) is 9.92. The van der Waals surface area contributed by atoms with Gasteiger partial charge in [0.15, 0.2) is 0 Å². The van der Waals surface area contributed by atoms with E-state index in [1.165, 1.54) is 4.90 Å². The largest absolute Gasteiger partial charge is 0.480 e. The molecule has 1 heterocycles. The quantitative estimate of drug-likeness (QED) is 0.380. The second-order valence-corrected chi connectivity index (χ2v) is 10.0. The molecule has 1 aromatic rings. The van der Waals surface area contributed by atoms with Crippen LogP contribution < -0.4 is 5.73 Å². The van der Waals surface area contributed by atoms with Gasteiger partial charge in [0.1, 0.15) is 6.04 Å². The number of nitrogens with zero attached hydrogens (tertiary/aromatic N) is 1. The van der Waals surface area contributed by atoms with Gasteiger partial charge in [0, 0.05) is 24.8 Å². The van der Waals surface area contributed by atoms with E-state index in [4.69, 9.17) is 5.73 Å². The van der Waals surface area contributed by atoms with E-state index in [9.17, 15) is 24.2 Å². The summed E-state index contributed by atoms with van der Waals surface area (Å²) in [5.41, 5.74) is 6.52. The van der Waals surface area contributed by atoms with E-state index in [-0.39, 0.29) is 18.2 Å². The second-order valence-electron chi connectivity index (χ2n) is 7.50. The molecule has 2 unspecified atom stereocenters. The van der Waals surface area contributed by atoms with Gasteiger partial charge in [-0.25, -0.2) is 4.79 Å². The van der Waals surface area contributed by atoms with Gasteiger partial charge in [-0.2, -0.15) is 0 Å². The van der Waals surface area contributed by atoms with E-state index >= 15 is 0 Å². The number of hydrogen-bond acceptors (Lipinski definition) is 4. The van der Waals surface area contributed by atoms with Crippen molar-refractivity contribution in [3.63, 3.8) is 0 Å². The third-order valence-corrected chi connectivity index (χ3v) is 7.21. The van der Waals surface area contributed by atoms with Gasteiger partial charge in [0.25, 0.3) is 0 Å². The molecule has 1 fully saturated rings. The molecule has 1 aliphatic rings. The number of carboxylic acid groups (broad SMARTS) is 1. The van der Waals surface area contributed by atoms with E-state index in [0.717, 1.165) is 12.0 Å².